The Morgan fingerprint density at radius 1 is 1.39 bits per heavy atom. The lowest BCUT2D eigenvalue weighted by Gasteiger charge is -2.24. The van der Waals surface area contributed by atoms with Gasteiger partial charge in [-0.2, -0.15) is 11.8 Å². The number of thioether (sulfide) groups is 1. The summed E-state index contributed by atoms with van der Waals surface area (Å²) >= 11 is 5.34. The smallest absolute Gasteiger partial charge is 0.137 e. The monoisotopic (exact) mass is 331 g/mol. The van der Waals surface area contributed by atoms with Gasteiger partial charge in [-0.15, -0.1) is 0 Å². The zero-order valence-corrected chi connectivity index (χ0v) is 12.8. The van der Waals surface area contributed by atoms with E-state index in [1.807, 2.05) is 17.8 Å². The summed E-state index contributed by atoms with van der Waals surface area (Å²) in [5, 5.41) is 0. The number of benzene rings is 1. The van der Waals surface area contributed by atoms with Crippen molar-refractivity contribution in [3.63, 3.8) is 0 Å². The van der Waals surface area contributed by atoms with E-state index in [1.165, 1.54) is 30.4 Å². The van der Waals surface area contributed by atoms with Gasteiger partial charge in [-0.25, -0.2) is 4.39 Å². The van der Waals surface area contributed by atoms with Crippen LogP contribution in [0.2, 0.25) is 0 Å². The summed E-state index contributed by atoms with van der Waals surface area (Å²) in [6.45, 7) is 0. The summed E-state index contributed by atoms with van der Waals surface area (Å²) in [4.78, 5) is 0. The van der Waals surface area contributed by atoms with Gasteiger partial charge in [0.15, 0.2) is 0 Å². The van der Waals surface area contributed by atoms with Crippen LogP contribution in [0.15, 0.2) is 22.7 Å². The van der Waals surface area contributed by atoms with E-state index in [2.05, 4.69) is 15.9 Å². The highest BCUT2D eigenvalue weighted by atomic mass is 79.9. The second-order valence-electron chi connectivity index (χ2n) is 4.97. The molecule has 0 saturated carbocycles. The van der Waals surface area contributed by atoms with Crippen LogP contribution < -0.4 is 5.73 Å². The zero-order chi connectivity index (χ0) is 13.0. The van der Waals surface area contributed by atoms with E-state index >= 15 is 0 Å². The molecule has 2 rings (SSSR count). The lowest BCUT2D eigenvalue weighted by Crippen LogP contribution is -2.27. The molecule has 1 aromatic carbocycles. The predicted molar refractivity (Wildman–Crippen MR) is 80.4 cm³/mol. The van der Waals surface area contributed by atoms with E-state index in [-0.39, 0.29) is 11.9 Å². The minimum Gasteiger partial charge on any atom is -0.327 e. The second-order valence-corrected chi connectivity index (χ2v) is 6.99. The first-order chi connectivity index (χ1) is 8.66. The first-order valence-electron chi connectivity index (χ1n) is 6.43. The Labute approximate surface area is 121 Å². The van der Waals surface area contributed by atoms with Crippen LogP contribution in [0.25, 0.3) is 0 Å². The van der Waals surface area contributed by atoms with Crippen LogP contribution in [-0.4, -0.2) is 17.5 Å². The molecule has 1 atom stereocenters. The summed E-state index contributed by atoms with van der Waals surface area (Å²) in [7, 11) is 0. The van der Waals surface area contributed by atoms with Crippen molar-refractivity contribution in [2.24, 2.45) is 11.7 Å². The molecule has 18 heavy (non-hydrogen) atoms. The minimum atomic E-state index is -0.200. The molecule has 1 aliphatic heterocycles. The summed E-state index contributed by atoms with van der Waals surface area (Å²) in [5.41, 5.74) is 7.18. The molecule has 0 bridgehead atoms. The van der Waals surface area contributed by atoms with Crippen LogP contribution >= 0.6 is 27.7 Å². The van der Waals surface area contributed by atoms with E-state index in [0.717, 1.165) is 24.3 Å². The first kappa shape index (κ1) is 14.4. The summed E-state index contributed by atoms with van der Waals surface area (Å²) in [6, 6.07) is 5.30. The summed E-state index contributed by atoms with van der Waals surface area (Å²) in [6.07, 6.45) is 4.37. The van der Waals surface area contributed by atoms with E-state index in [9.17, 15) is 4.39 Å². The maximum absolute atomic E-state index is 13.4. The number of hydrogen-bond acceptors (Lipinski definition) is 2. The maximum Gasteiger partial charge on any atom is 0.137 e. The fourth-order valence-corrected chi connectivity index (χ4v) is 4.11. The second kappa shape index (κ2) is 6.92. The van der Waals surface area contributed by atoms with Crippen molar-refractivity contribution in [1.82, 2.24) is 0 Å². The summed E-state index contributed by atoms with van der Waals surface area (Å²) < 4.78 is 14.0. The van der Waals surface area contributed by atoms with Gasteiger partial charge in [-0.3, -0.25) is 0 Å². The molecule has 1 aliphatic rings. The molecule has 0 amide bonds. The van der Waals surface area contributed by atoms with Gasteiger partial charge in [0.25, 0.3) is 0 Å². The van der Waals surface area contributed by atoms with Crippen molar-refractivity contribution in [3.05, 3.63) is 34.1 Å². The molecule has 0 aromatic heterocycles. The highest BCUT2D eigenvalue weighted by Crippen LogP contribution is 2.28. The molecular formula is C14H19BrFNS. The van der Waals surface area contributed by atoms with Crippen LogP contribution in [0, 0.1) is 11.7 Å². The number of halogens is 2. The van der Waals surface area contributed by atoms with Crippen LogP contribution in [-0.2, 0) is 6.42 Å². The van der Waals surface area contributed by atoms with Gasteiger partial charge < -0.3 is 5.73 Å². The third-order valence-corrected chi connectivity index (χ3v) is 5.43. The Kier molecular flexibility index (Phi) is 5.52. The molecule has 0 spiro atoms. The topological polar surface area (TPSA) is 26.0 Å². The Balaban J connectivity index is 1.90. The average molecular weight is 332 g/mol. The normalized spacial score (nSPS) is 18.8. The van der Waals surface area contributed by atoms with Crippen LogP contribution in [0.5, 0.6) is 0 Å². The quantitative estimate of drug-likeness (QED) is 0.902. The van der Waals surface area contributed by atoms with Crippen LogP contribution in [0.1, 0.15) is 24.8 Å². The van der Waals surface area contributed by atoms with Crippen molar-refractivity contribution >= 4 is 27.7 Å². The molecule has 2 N–H and O–H groups in total. The van der Waals surface area contributed by atoms with Crippen molar-refractivity contribution in [2.45, 2.75) is 31.7 Å². The summed E-state index contributed by atoms with van der Waals surface area (Å²) in [5.74, 6) is 3.09. The van der Waals surface area contributed by atoms with Crippen molar-refractivity contribution in [1.29, 1.82) is 0 Å². The molecule has 1 fully saturated rings. The van der Waals surface area contributed by atoms with Gasteiger partial charge >= 0.3 is 0 Å². The van der Waals surface area contributed by atoms with Crippen LogP contribution in [0.3, 0.4) is 0 Å². The Bertz CT molecular complexity index is 393. The lowest BCUT2D eigenvalue weighted by atomic mass is 9.91. The highest BCUT2D eigenvalue weighted by molar-refractivity contribution is 9.10. The molecule has 1 nitrogen and oxygen atoms in total. The SMILES string of the molecule is NC(Cc1cccc(F)c1Br)CC1CCSCC1. The largest absolute Gasteiger partial charge is 0.327 e. The average Bonchev–Trinajstić information content (AvgIpc) is 2.36. The molecular weight excluding hydrogens is 313 g/mol. The number of rotatable bonds is 4. The molecule has 1 heterocycles. The highest BCUT2D eigenvalue weighted by Gasteiger charge is 2.18. The third-order valence-electron chi connectivity index (χ3n) is 3.49. The van der Waals surface area contributed by atoms with E-state index < -0.39 is 0 Å². The van der Waals surface area contributed by atoms with Gasteiger partial charge in [0.05, 0.1) is 4.47 Å². The van der Waals surface area contributed by atoms with Crippen molar-refractivity contribution < 1.29 is 4.39 Å². The van der Waals surface area contributed by atoms with Crippen molar-refractivity contribution in [2.75, 3.05) is 11.5 Å². The molecule has 4 heteroatoms. The third kappa shape index (κ3) is 3.97. The van der Waals surface area contributed by atoms with Gasteiger partial charge in [0.1, 0.15) is 5.82 Å². The fourth-order valence-electron chi connectivity index (χ4n) is 2.48. The fraction of sp³-hybridized carbons (Fsp3) is 0.571. The first-order valence-corrected chi connectivity index (χ1v) is 8.38. The van der Waals surface area contributed by atoms with E-state index in [4.69, 9.17) is 5.73 Å². The number of hydrogen-bond donors (Lipinski definition) is 1. The van der Waals surface area contributed by atoms with E-state index in [0.29, 0.717) is 4.47 Å². The molecule has 0 aliphatic carbocycles. The standard InChI is InChI=1S/C14H19BrFNS/c15-14-11(2-1-3-13(14)16)9-12(17)8-10-4-6-18-7-5-10/h1-3,10,12H,4-9,17H2. The molecule has 1 aromatic rings. The van der Waals surface area contributed by atoms with Gasteiger partial charge in [0.2, 0.25) is 0 Å². The molecule has 100 valence electrons. The maximum atomic E-state index is 13.4. The minimum absolute atomic E-state index is 0.135. The Morgan fingerprint density at radius 2 is 2.11 bits per heavy atom. The predicted octanol–water partition coefficient (Wildman–Crippen LogP) is 3.99. The van der Waals surface area contributed by atoms with Crippen molar-refractivity contribution in [3.8, 4) is 0 Å². The number of nitrogens with two attached hydrogens (primary N) is 1. The molecule has 0 radical (unpaired) electrons. The Hall–Kier alpha value is -0.0600. The zero-order valence-electron chi connectivity index (χ0n) is 10.4. The van der Waals surface area contributed by atoms with Gasteiger partial charge in [-0.05, 0) is 70.7 Å². The molecule has 1 unspecified atom stereocenters. The lowest BCUT2D eigenvalue weighted by molar-refractivity contribution is 0.405. The Morgan fingerprint density at radius 3 is 2.83 bits per heavy atom. The van der Waals surface area contributed by atoms with Gasteiger partial charge in [-0.1, -0.05) is 12.1 Å². The van der Waals surface area contributed by atoms with Gasteiger partial charge in [0, 0.05) is 6.04 Å². The molecule has 1 saturated heterocycles. The van der Waals surface area contributed by atoms with E-state index in [1.54, 1.807) is 6.07 Å². The van der Waals surface area contributed by atoms with Crippen LogP contribution in [0.4, 0.5) is 4.39 Å².